The van der Waals surface area contributed by atoms with E-state index in [0.717, 1.165) is 29.8 Å². The highest BCUT2D eigenvalue weighted by molar-refractivity contribution is 5.97. The van der Waals surface area contributed by atoms with Gasteiger partial charge < -0.3 is 14.8 Å². The molecule has 1 aliphatic rings. The summed E-state index contributed by atoms with van der Waals surface area (Å²) in [6.45, 7) is 0. The number of aromatic amines is 2. The summed E-state index contributed by atoms with van der Waals surface area (Å²) >= 11 is 0. The van der Waals surface area contributed by atoms with Crippen LogP contribution in [0.3, 0.4) is 0 Å². The molecule has 7 rings (SSSR count). The quantitative estimate of drug-likeness (QED) is 0.267. The number of halogens is 1. The smallest absolute Gasteiger partial charge is 0.233 e. The molecule has 0 radical (unpaired) electrons. The maximum absolute atomic E-state index is 14.0. The van der Waals surface area contributed by atoms with Crippen LogP contribution in [0.25, 0.3) is 56.0 Å². The van der Waals surface area contributed by atoms with Crippen LogP contribution in [0.2, 0.25) is 0 Å². The molecule has 11 heteroatoms. The fraction of sp³-hybridized carbons (Fsp3) is 0.214. The second-order valence-corrected chi connectivity index (χ2v) is 9.67. The predicted molar refractivity (Wildman–Crippen MR) is 142 cm³/mol. The van der Waals surface area contributed by atoms with Crippen LogP contribution in [-0.4, -0.2) is 51.3 Å². The molecule has 39 heavy (non-hydrogen) atoms. The molecule has 3 N–H and O–H groups in total. The number of aromatic hydroxyl groups is 1. The molecule has 1 saturated carbocycles. The minimum atomic E-state index is -0.549. The summed E-state index contributed by atoms with van der Waals surface area (Å²) in [5.74, 6) is 0.276. The minimum absolute atomic E-state index is 0.169. The summed E-state index contributed by atoms with van der Waals surface area (Å²) < 4.78 is 20.1. The molecule has 0 spiro atoms. The number of aromatic nitrogens is 8. The van der Waals surface area contributed by atoms with Crippen LogP contribution in [0, 0.1) is 5.82 Å². The third kappa shape index (κ3) is 4.41. The number of rotatable bonds is 5. The number of ether oxygens (including phenoxy) is 1. The van der Waals surface area contributed by atoms with E-state index in [2.05, 4.69) is 35.1 Å². The van der Waals surface area contributed by atoms with Gasteiger partial charge in [0.05, 0.1) is 47.0 Å². The Labute approximate surface area is 221 Å². The lowest BCUT2D eigenvalue weighted by Gasteiger charge is -2.22. The molecule has 10 nitrogen and oxygen atoms in total. The molecule has 0 atom stereocenters. The van der Waals surface area contributed by atoms with Crippen molar-refractivity contribution in [2.75, 3.05) is 0 Å². The molecular weight excluding hydrogens is 499 g/mol. The molecule has 0 saturated heterocycles. The van der Waals surface area contributed by atoms with Gasteiger partial charge in [-0.3, -0.25) is 20.1 Å². The van der Waals surface area contributed by atoms with Crippen molar-refractivity contribution in [3.8, 4) is 45.7 Å². The molecule has 5 heterocycles. The average Bonchev–Trinajstić information content (AvgIpc) is 3.57. The Balaban J connectivity index is 1.26. The van der Waals surface area contributed by atoms with Crippen molar-refractivity contribution in [2.24, 2.45) is 0 Å². The summed E-state index contributed by atoms with van der Waals surface area (Å²) in [6.07, 6.45) is 14.1. The molecule has 5 aromatic heterocycles. The van der Waals surface area contributed by atoms with E-state index in [1.54, 1.807) is 31.0 Å². The lowest BCUT2D eigenvalue weighted by molar-refractivity contribution is 0.148. The molecule has 0 aliphatic heterocycles. The summed E-state index contributed by atoms with van der Waals surface area (Å²) in [5.41, 5.74) is 4.81. The maximum Gasteiger partial charge on any atom is 0.233 e. The number of nitrogens with zero attached hydrogens (tertiary/aromatic N) is 6. The number of fused-ring (bicyclic) bond motifs is 2. The first kappa shape index (κ1) is 23.2. The van der Waals surface area contributed by atoms with Gasteiger partial charge in [0, 0.05) is 23.2 Å². The largest absolute Gasteiger partial charge is 0.508 e. The fourth-order valence-corrected chi connectivity index (χ4v) is 5.11. The lowest BCUT2D eigenvalue weighted by atomic mass is 9.98. The van der Waals surface area contributed by atoms with Crippen molar-refractivity contribution in [3.05, 3.63) is 61.1 Å². The first-order chi connectivity index (χ1) is 19.1. The Bertz CT molecular complexity index is 1810. The van der Waals surface area contributed by atoms with Crippen LogP contribution in [0.1, 0.15) is 32.1 Å². The molecule has 0 amide bonds. The van der Waals surface area contributed by atoms with Gasteiger partial charge in [-0.25, -0.2) is 14.4 Å². The number of hydrogen-bond donors (Lipinski definition) is 3. The normalized spacial score (nSPS) is 14.3. The molecule has 194 valence electrons. The zero-order chi connectivity index (χ0) is 26.3. The van der Waals surface area contributed by atoms with Crippen molar-refractivity contribution in [3.63, 3.8) is 0 Å². The van der Waals surface area contributed by atoms with E-state index in [4.69, 9.17) is 9.72 Å². The van der Waals surface area contributed by atoms with Crippen molar-refractivity contribution >= 4 is 21.9 Å². The number of phenolic OH excluding ortho intramolecular Hbond substituents is 1. The van der Waals surface area contributed by atoms with Gasteiger partial charge in [0.1, 0.15) is 29.1 Å². The van der Waals surface area contributed by atoms with Gasteiger partial charge in [0.15, 0.2) is 5.82 Å². The number of benzene rings is 1. The predicted octanol–water partition coefficient (Wildman–Crippen LogP) is 5.58. The van der Waals surface area contributed by atoms with Crippen molar-refractivity contribution in [1.29, 1.82) is 0 Å². The number of imidazole rings is 1. The topological polar surface area (TPSA) is 138 Å². The molecule has 1 aromatic carbocycles. The summed E-state index contributed by atoms with van der Waals surface area (Å²) in [7, 11) is 0. The standard InChI is InChI=1S/C28H23FN8O2/c29-16-6-15(7-17(38)8-16)20-10-30-12-24-26(20)35-28(34-24)27-19-9-21(32-13-22(19)36-37-27)23-11-31-14-25(33-23)39-18-4-2-1-3-5-18/h6-14,18,38H,1-5H2,(H,34,35)(H,36,37). The summed E-state index contributed by atoms with van der Waals surface area (Å²) in [4.78, 5) is 25.9. The Morgan fingerprint density at radius 1 is 0.872 bits per heavy atom. The number of hydrogen-bond acceptors (Lipinski definition) is 8. The molecule has 6 aromatic rings. The highest BCUT2D eigenvalue weighted by Gasteiger charge is 2.19. The van der Waals surface area contributed by atoms with Gasteiger partial charge in [-0.1, -0.05) is 6.42 Å². The highest BCUT2D eigenvalue weighted by atomic mass is 19.1. The van der Waals surface area contributed by atoms with Gasteiger partial charge >= 0.3 is 0 Å². The van der Waals surface area contributed by atoms with Crippen LogP contribution in [-0.2, 0) is 0 Å². The van der Waals surface area contributed by atoms with Crippen LogP contribution in [0.4, 0.5) is 4.39 Å². The van der Waals surface area contributed by atoms with E-state index in [1.807, 2.05) is 6.07 Å². The minimum Gasteiger partial charge on any atom is -0.508 e. The van der Waals surface area contributed by atoms with E-state index in [-0.39, 0.29) is 11.9 Å². The van der Waals surface area contributed by atoms with Crippen LogP contribution >= 0.6 is 0 Å². The van der Waals surface area contributed by atoms with Gasteiger partial charge in [-0.2, -0.15) is 5.10 Å². The van der Waals surface area contributed by atoms with E-state index < -0.39 is 5.82 Å². The second kappa shape index (κ2) is 9.43. The van der Waals surface area contributed by atoms with Crippen molar-refractivity contribution in [2.45, 2.75) is 38.2 Å². The zero-order valence-corrected chi connectivity index (χ0v) is 20.7. The number of pyridine rings is 2. The van der Waals surface area contributed by atoms with E-state index in [0.29, 0.717) is 50.9 Å². The molecule has 0 unspecified atom stereocenters. The Morgan fingerprint density at radius 3 is 2.62 bits per heavy atom. The second-order valence-electron chi connectivity index (χ2n) is 9.67. The fourth-order valence-electron chi connectivity index (χ4n) is 5.11. The van der Waals surface area contributed by atoms with Crippen LogP contribution in [0.15, 0.2) is 55.2 Å². The molecule has 1 fully saturated rings. The number of H-pyrrole nitrogens is 2. The summed E-state index contributed by atoms with van der Waals surface area (Å²) in [5, 5.41) is 18.2. The lowest BCUT2D eigenvalue weighted by Crippen LogP contribution is -2.20. The Hall–Kier alpha value is -4.93. The summed E-state index contributed by atoms with van der Waals surface area (Å²) in [6, 6.07) is 5.75. The van der Waals surface area contributed by atoms with Crippen molar-refractivity contribution < 1.29 is 14.2 Å². The first-order valence-electron chi connectivity index (χ1n) is 12.8. The molecular formula is C28H23FN8O2. The maximum atomic E-state index is 14.0. The van der Waals surface area contributed by atoms with Gasteiger partial charge in [-0.15, -0.1) is 0 Å². The third-order valence-electron chi connectivity index (χ3n) is 6.97. The monoisotopic (exact) mass is 522 g/mol. The van der Waals surface area contributed by atoms with E-state index in [1.165, 1.54) is 31.4 Å². The first-order valence-corrected chi connectivity index (χ1v) is 12.8. The van der Waals surface area contributed by atoms with Crippen molar-refractivity contribution in [1.82, 2.24) is 40.1 Å². The van der Waals surface area contributed by atoms with Crippen LogP contribution in [0.5, 0.6) is 11.6 Å². The zero-order valence-electron chi connectivity index (χ0n) is 20.7. The molecule has 1 aliphatic carbocycles. The Morgan fingerprint density at radius 2 is 1.74 bits per heavy atom. The molecule has 0 bridgehead atoms. The third-order valence-corrected chi connectivity index (χ3v) is 6.97. The Kier molecular flexibility index (Phi) is 5.61. The average molecular weight is 523 g/mol. The highest BCUT2D eigenvalue weighted by Crippen LogP contribution is 2.33. The van der Waals surface area contributed by atoms with E-state index in [9.17, 15) is 9.50 Å². The van der Waals surface area contributed by atoms with Gasteiger partial charge in [-0.05, 0) is 49.4 Å². The SMILES string of the molecule is Oc1cc(F)cc(-c2cncc3[nH]c(-c4n[nH]c5cnc(-c6cncc(OC7CCCCC7)n6)cc45)nc23)c1. The van der Waals surface area contributed by atoms with Gasteiger partial charge in [0.25, 0.3) is 0 Å². The number of nitrogens with one attached hydrogen (secondary N) is 2. The van der Waals surface area contributed by atoms with Crippen LogP contribution < -0.4 is 4.74 Å². The number of phenols is 1. The van der Waals surface area contributed by atoms with E-state index >= 15 is 0 Å². The van der Waals surface area contributed by atoms with Gasteiger partial charge in [0.2, 0.25) is 5.88 Å².